The summed E-state index contributed by atoms with van der Waals surface area (Å²) in [5.74, 6) is 0.789. The van der Waals surface area contributed by atoms with Gasteiger partial charge in [0, 0.05) is 45.8 Å². The average Bonchev–Trinajstić information content (AvgIpc) is 2.60. The van der Waals surface area contributed by atoms with Crippen molar-refractivity contribution >= 4 is 16.1 Å². The van der Waals surface area contributed by atoms with Gasteiger partial charge < -0.3 is 9.64 Å². The fraction of sp³-hybridized carbons (Fsp3) is 0.941. The van der Waals surface area contributed by atoms with E-state index >= 15 is 0 Å². The Kier molecular flexibility index (Phi) is 7.67. The standard InChI is InChI=1S/C17H33N3O4S/c1-14(2)17(21)19-9-6-15(7-10-19)11-18-25(22,23)20-8-4-5-16(12-20)13-24-3/h14-16,18H,4-13H2,1-3H3/t16-/m1/s1. The van der Waals surface area contributed by atoms with Crippen LogP contribution in [0.2, 0.25) is 0 Å². The summed E-state index contributed by atoms with van der Waals surface area (Å²) in [5.41, 5.74) is 0. The third kappa shape index (κ3) is 5.91. The van der Waals surface area contributed by atoms with Crippen molar-refractivity contribution in [3.8, 4) is 0 Å². The van der Waals surface area contributed by atoms with Gasteiger partial charge in [0.2, 0.25) is 5.91 Å². The third-order valence-electron chi connectivity index (χ3n) is 5.20. The third-order valence-corrected chi connectivity index (χ3v) is 6.74. The average molecular weight is 376 g/mol. The van der Waals surface area contributed by atoms with E-state index in [1.807, 2.05) is 18.7 Å². The molecule has 2 saturated heterocycles. The Morgan fingerprint density at radius 3 is 2.44 bits per heavy atom. The molecule has 0 aromatic carbocycles. The maximum Gasteiger partial charge on any atom is 0.279 e. The van der Waals surface area contributed by atoms with E-state index in [9.17, 15) is 13.2 Å². The second kappa shape index (κ2) is 9.30. The molecular weight excluding hydrogens is 342 g/mol. The molecule has 1 atom stereocenters. The van der Waals surface area contributed by atoms with Crippen LogP contribution in [0.5, 0.6) is 0 Å². The number of ether oxygens (including phenoxy) is 1. The largest absolute Gasteiger partial charge is 0.384 e. The minimum Gasteiger partial charge on any atom is -0.384 e. The lowest BCUT2D eigenvalue weighted by atomic mass is 9.96. The molecule has 0 aromatic heterocycles. The molecule has 2 rings (SSSR count). The van der Waals surface area contributed by atoms with Crippen LogP contribution in [0, 0.1) is 17.8 Å². The van der Waals surface area contributed by atoms with Crippen LogP contribution < -0.4 is 4.72 Å². The van der Waals surface area contributed by atoms with Gasteiger partial charge in [-0.15, -0.1) is 0 Å². The van der Waals surface area contributed by atoms with Crippen LogP contribution in [0.1, 0.15) is 39.5 Å². The van der Waals surface area contributed by atoms with Crippen LogP contribution in [0.3, 0.4) is 0 Å². The number of likely N-dealkylation sites (tertiary alicyclic amines) is 1. The highest BCUT2D eigenvalue weighted by Crippen LogP contribution is 2.21. The summed E-state index contributed by atoms with van der Waals surface area (Å²) >= 11 is 0. The molecule has 8 heteroatoms. The Morgan fingerprint density at radius 1 is 1.16 bits per heavy atom. The van der Waals surface area contributed by atoms with Gasteiger partial charge in [0.1, 0.15) is 0 Å². The number of carbonyl (C=O) groups is 1. The Bertz CT molecular complexity index is 528. The van der Waals surface area contributed by atoms with Gasteiger partial charge in [-0.2, -0.15) is 12.7 Å². The first-order valence-electron chi connectivity index (χ1n) is 9.36. The SMILES string of the molecule is COC[C@@H]1CCCN(S(=O)(=O)NCC2CCN(C(=O)C(C)C)CC2)C1. The van der Waals surface area contributed by atoms with E-state index in [0.29, 0.717) is 32.2 Å². The number of rotatable bonds is 7. The quantitative estimate of drug-likeness (QED) is 0.722. The fourth-order valence-electron chi connectivity index (χ4n) is 3.65. The molecule has 2 fully saturated rings. The number of nitrogens with zero attached hydrogens (tertiary/aromatic N) is 2. The second-order valence-electron chi connectivity index (χ2n) is 7.60. The lowest BCUT2D eigenvalue weighted by Gasteiger charge is -2.34. The number of carbonyl (C=O) groups excluding carboxylic acids is 1. The molecule has 0 spiro atoms. The van der Waals surface area contributed by atoms with E-state index in [2.05, 4.69) is 4.72 Å². The normalized spacial score (nSPS) is 24.0. The van der Waals surface area contributed by atoms with Crippen molar-refractivity contribution in [2.75, 3.05) is 46.4 Å². The van der Waals surface area contributed by atoms with Gasteiger partial charge in [-0.05, 0) is 37.5 Å². The Hall–Kier alpha value is -0.700. The van der Waals surface area contributed by atoms with Gasteiger partial charge >= 0.3 is 0 Å². The van der Waals surface area contributed by atoms with E-state index < -0.39 is 10.2 Å². The first-order valence-corrected chi connectivity index (χ1v) is 10.8. The van der Waals surface area contributed by atoms with Crippen molar-refractivity contribution in [2.45, 2.75) is 39.5 Å². The Labute approximate surface area is 152 Å². The van der Waals surface area contributed by atoms with Crippen molar-refractivity contribution in [1.82, 2.24) is 13.9 Å². The minimum absolute atomic E-state index is 0.0224. The van der Waals surface area contributed by atoms with Crippen LogP contribution in [0.4, 0.5) is 0 Å². The molecule has 0 saturated carbocycles. The van der Waals surface area contributed by atoms with Crippen molar-refractivity contribution in [2.24, 2.45) is 17.8 Å². The molecule has 0 radical (unpaired) electrons. The lowest BCUT2D eigenvalue weighted by Crippen LogP contribution is -2.49. The number of amides is 1. The molecule has 1 N–H and O–H groups in total. The van der Waals surface area contributed by atoms with Crippen LogP contribution >= 0.6 is 0 Å². The summed E-state index contributed by atoms with van der Waals surface area (Å²) in [4.78, 5) is 13.9. The van der Waals surface area contributed by atoms with Gasteiger partial charge in [-0.1, -0.05) is 13.8 Å². The van der Waals surface area contributed by atoms with Gasteiger partial charge in [0.05, 0.1) is 6.61 Å². The smallest absolute Gasteiger partial charge is 0.279 e. The molecular formula is C17H33N3O4S. The summed E-state index contributed by atoms with van der Waals surface area (Å²) in [7, 11) is -1.78. The van der Waals surface area contributed by atoms with Crippen LogP contribution in [-0.2, 0) is 19.7 Å². The molecule has 146 valence electrons. The number of hydrogen-bond acceptors (Lipinski definition) is 4. The molecule has 0 aromatic rings. The highest BCUT2D eigenvalue weighted by Gasteiger charge is 2.30. The molecule has 2 aliphatic rings. The first-order chi connectivity index (χ1) is 11.8. The van der Waals surface area contributed by atoms with Gasteiger partial charge in [-0.3, -0.25) is 4.79 Å². The maximum absolute atomic E-state index is 12.5. The fourth-order valence-corrected chi connectivity index (χ4v) is 5.06. The summed E-state index contributed by atoms with van der Waals surface area (Å²) in [6.07, 6.45) is 3.60. The monoisotopic (exact) mass is 375 g/mol. The molecule has 2 heterocycles. The second-order valence-corrected chi connectivity index (χ2v) is 9.35. The molecule has 7 nitrogen and oxygen atoms in total. The molecule has 0 bridgehead atoms. The Morgan fingerprint density at radius 2 is 1.84 bits per heavy atom. The van der Waals surface area contributed by atoms with Crippen molar-refractivity contribution in [1.29, 1.82) is 0 Å². The maximum atomic E-state index is 12.5. The Balaban J connectivity index is 1.78. The van der Waals surface area contributed by atoms with Gasteiger partial charge in [0.25, 0.3) is 10.2 Å². The number of hydrogen-bond donors (Lipinski definition) is 1. The summed E-state index contributed by atoms with van der Waals surface area (Å²) in [6.45, 7) is 7.45. The number of nitrogens with one attached hydrogen (secondary N) is 1. The van der Waals surface area contributed by atoms with Crippen LogP contribution in [0.25, 0.3) is 0 Å². The molecule has 0 unspecified atom stereocenters. The van der Waals surface area contributed by atoms with E-state index in [1.165, 1.54) is 0 Å². The highest BCUT2D eigenvalue weighted by atomic mass is 32.2. The number of methoxy groups -OCH3 is 1. The highest BCUT2D eigenvalue weighted by molar-refractivity contribution is 7.87. The predicted octanol–water partition coefficient (Wildman–Crippen LogP) is 1.07. The zero-order valence-corrected chi connectivity index (χ0v) is 16.6. The van der Waals surface area contributed by atoms with Crippen LogP contribution in [-0.4, -0.2) is 70.0 Å². The van der Waals surface area contributed by atoms with E-state index in [1.54, 1.807) is 11.4 Å². The zero-order chi connectivity index (χ0) is 18.4. The zero-order valence-electron chi connectivity index (χ0n) is 15.7. The minimum atomic E-state index is -3.43. The van der Waals surface area contributed by atoms with E-state index in [4.69, 9.17) is 4.74 Å². The molecule has 25 heavy (non-hydrogen) atoms. The summed E-state index contributed by atoms with van der Waals surface area (Å²) in [6, 6.07) is 0. The number of piperidine rings is 2. The molecule has 1 amide bonds. The topological polar surface area (TPSA) is 79.0 Å². The summed E-state index contributed by atoms with van der Waals surface area (Å²) < 4.78 is 34.6. The molecule has 0 aliphatic carbocycles. The van der Waals surface area contributed by atoms with Crippen LogP contribution in [0.15, 0.2) is 0 Å². The predicted molar refractivity (Wildman–Crippen MR) is 97.2 cm³/mol. The van der Waals surface area contributed by atoms with Crippen molar-refractivity contribution in [3.05, 3.63) is 0 Å². The van der Waals surface area contributed by atoms with Gasteiger partial charge in [-0.25, -0.2) is 4.72 Å². The van der Waals surface area contributed by atoms with Gasteiger partial charge in [0.15, 0.2) is 0 Å². The first kappa shape index (κ1) is 20.6. The lowest BCUT2D eigenvalue weighted by molar-refractivity contribution is -0.135. The summed E-state index contributed by atoms with van der Waals surface area (Å²) in [5, 5.41) is 0. The van der Waals surface area contributed by atoms with E-state index in [-0.39, 0.29) is 17.7 Å². The van der Waals surface area contributed by atoms with Crippen molar-refractivity contribution < 1.29 is 17.9 Å². The molecule has 2 aliphatic heterocycles. The van der Waals surface area contributed by atoms with E-state index in [0.717, 1.165) is 38.8 Å². The van der Waals surface area contributed by atoms with Crippen molar-refractivity contribution in [3.63, 3.8) is 0 Å².